The maximum Gasteiger partial charge on any atom is 0.158 e. The van der Waals surface area contributed by atoms with Crippen molar-refractivity contribution in [3.05, 3.63) is 48.0 Å². The van der Waals surface area contributed by atoms with Gasteiger partial charge in [0.25, 0.3) is 0 Å². The van der Waals surface area contributed by atoms with Gasteiger partial charge in [0.1, 0.15) is 0 Å². The van der Waals surface area contributed by atoms with Crippen LogP contribution in [0.4, 0.5) is 0 Å². The smallest absolute Gasteiger partial charge is 0.158 e. The molecule has 0 amide bonds. The summed E-state index contributed by atoms with van der Waals surface area (Å²) in [7, 11) is 0. The molecule has 0 N–H and O–H groups in total. The SMILES string of the molecule is CC1C(=O)C=CCC1c1ccccc1. The zero-order chi connectivity index (χ0) is 9.97. The Kier molecular flexibility index (Phi) is 2.49. The molecule has 0 saturated heterocycles. The highest BCUT2D eigenvalue weighted by molar-refractivity contribution is 5.93. The molecule has 14 heavy (non-hydrogen) atoms. The standard InChI is InChI=1S/C13H14O/c1-10-12(8-5-9-13(10)14)11-6-3-2-4-7-11/h2-7,9-10,12H,8H2,1H3. The Hall–Kier alpha value is -1.37. The van der Waals surface area contributed by atoms with Gasteiger partial charge in [-0.3, -0.25) is 4.79 Å². The molecular weight excluding hydrogens is 172 g/mol. The molecule has 2 rings (SSSR count). The third-order valence-corrected chi connectivity index (χ3v) is 2.95. The maximum absolute atomic E-state index is 11.5. The van der Waals surface area contributed by atoms with Crippen molar-refractivity contribution in [1.82, 2.24) is 0 Å². The molecule has 1 nitrogen and oxygen atoms in total. The largest absolute Gasteiger partial charge is 0.295 e. The topological polar surface area (TPSA) is 17.1 Å². The van der Waals surface area contributed by atoms with Gasteiger partial charge in [-0.25, -0.2) is 0 Å². The van der Waals surface area contributed by atoms with E-state index in [4.69, 9.17) is 0 Å². The molecule has 1 aromatic carbocycles. The molecule has 0 spiro atoms. The monoisotopic (exact) mass is 186 g/mol. The fourth-order valence-electron chi connectivity index (χ4n) is 2.01. The van der Waals surface area contributed by atoms with Crippen LogP contribution in [0.2, 0.25) is 0 Å². The number of benzene rings is 1. The Morgan fingerprint density at radius 2 is 1.93 bits per heavy atom. The molecule has 1 aromatic rings. The molecule has 72 valence electrons. The van der Waals surface area contributed by atoms with Crippen molar-refractivity contribution in [1.29, 1.82) is 0 Å². The van der Waals surface area contributed by atoms with Crippen LogP contribution in [0.1, 0.15) is 24.8 Å². The van der Waals surface area contributed by atoms with Crippen LogP contribution in [0.3, 0.4) is 0 Å². The van der Waals surface area contributed by atoms with Gasteiger partial charge < -0.3 is 0 Å². The third kappa shape index (κ3) is 1.63. The zero-order valence-electron chi connectivity index (χ0n) is 8.31. The second-order valence-corrected chi connectivity index (χ2v) is 3.85. The number of carbonyl (C=O) groups excluding carboxylic acids is 1. The van der Waals surface area contributed by atoms with Crippen LogP contribution in [-0.4, -0.2) is 5.78 Å². The number of hydrogen-bond acceptors (Lipinski definition) is 1. The van der Waals surface area contributed by atoms with Gasteiger partial charge in [0.2, 0.25) is 0 Å². The van der Waals surface area contributed by atoms with Gasteiger partial charge in [0, 0.05) is 5.92 Å². The first-order valence-corrected chi connectivity index (χ1v) is 5.04. The fourth-order valence-corrected chi connectivity index (χ4v) is 2.01. The second-order valence-electron chi connectivity index (χ2n) is 3.85. The fraction of sp³-hybridized carbons (Fsp3) is 0.308. The van der Waals surface area contributed by atoms with Crippen molar-refractivity contribution in [3.8, 4) is 0 Å². The van der Waals surface area contributed by atoms with E-state index < -0.39 is 0 Å². The Balaban J connectivity index is 2.28. The lowest BCUT2D eigenvalue weighted by Crippen LogP contribution is -2.20. The Morgan fingerprint density at radius 3 is 2.64 bits per heavy atom. The van der Waals surface area contributed by atoms with Crippen LogP contribution in [-0.2, 0) is 4.79 Å². The quantitative estimate of drug-likeness (QED) is 0.659. The molecule has 0 heterocycles. The number of ketones is 1. The van der Waals surface area contributed by atoms with Crippen LogP contribution >= 0.6 is 0 Å². The van der Waals surface area contributed by atoms with Gasteiger partial charge in [-0.05, 0) is 24.0 Å². The summed E-state index contributed by atoms with van der Waals surface area (Å²) in [5.74, 6) is 0.751. The van der Waals surface area contributed by atoms with Gasteiger partial charge in [-0.15, -0.1) is 0 Å². The highest BCUT2D eigenvalue weighted by Gasteiger charge is 2.25. The highest BCUT2D eigenvalue weighted by atomic mass is 16.1. The van der Waals surface area contributed by atoms with E-state index in [-0.39, 0.29) is 11.7 Å². The highest BCUT2D eigenvalue weighted by Crippen LogP contribution is 2.31. The third-order valence-electron chi connectivity index (χ3n) is 2.95. The predicted octanol–water partition coefficient (Wildman–Crippen LogP) is 2.94. The number of rotatable bonds is 1. The van der Waals surface area contributed by atoms with Gasteiger partial charge >= 0.3 is 0 Å². The van der Waals surface area contributed by atoms with Crippen molar-refractivity contribution < 1.29 is 4.79 Å². The average Bonchev–Trinajstić information content (AvgIpc) is 2.23. The number of hydrogen-bond donors (Lipinski definition) is 0. The average molecular weight is 186 g/mol. The lowest BCUT2D eigenvalue weighted by Gasteiger charge is -2.24. The normalized spacial score (nSPS) is 26.5. The molecule has 0 saturated carbocycles. The van der Waals surface area contributed by atoms with E-state index in [0.717, 1.165) is 6.42 Å². The summed E-state index contributed by atoms with van der Waals surface area (Å²) < 4.78 is 0. The molecule has 0 fully saturated rings. The van der Waals surface area contributed by atoms with Gasteiger partial charge in [-0.1, -0.05) is 43.3 Å². The molecule has 1 aliphatic rings. The van der Waals surface area contributed by atoms with Crippen LogP contribution in [0.25, 0.3) is 0 Å². The number of allylic oxidation sites excluding steroid dienone is 2. The minimum Gasteiger partial charge on any atom is -0.295 e. The van der Waals surface area contributed by atoms with Crippen molar-refractivity contribution >= 4 is 5.78 Å². The van der Waals surface area contributed by atoms with E-state index in [2.05, 4.69) is 12.1 Å². The van der Waals surface area contributed by atoms with Crippen LogP contribution in [0, 0.1) is 5.92 Å². The van der Waals surface area contributed by atoms with E-state index >= 15 is 0 Å². The summed E-state index contributed by atoms with van der Waals surface area (Å²) in [5, 5.41) is 0. The minimum absolute atomic E-state index is 0.127. The first-order valence-electron chi connectivity index (χ1n) is 5.04. The predicted molar refractivity (Wildman–Crippen MR) is 57.1 cm³/mol. The van der Waals surface area contributed by atoms with Gasteiger partial charge in [0.15, 0.2) is 5.78 Å². The zero-order valence-corrected chi connectivity index (χ0v) is 8.31. The summed E-state index contributed by atoms with van der Waals surface area (Å²) in [5.41, 5.74) is 1.28. The summed E-state index contributed by atoms with van der Waals surface area (Å²) in [6.07, 6.45) is 4.68. The summed E-state index contributed by atoms with van der Waals surface area (Å²) in [4.78, 5) is 11.5. The van der Waals surface area contributed by atoms with Crippen LogP contribution in [0.5, 0.6) is 0 Å². The molecule has 0 radical (unpaired) electrons. The lowest BCUT2D eigenvalue weighted by atomic mass is 9.79. The number of carbonyl (C=O) groups is 1. The Morgan fingerprint density at radius 1 is 1.21 bits per heavy atom. The van der Waals surface area contributed by atoms with E-state index in [9.17, 15) is 4.79 Å². The maximum atomic E-state index is 11.5. The molecule has 2 unspecified atom stereocenters. The lowest BCUT2D eigenvalue weighted by molar-refractivity contribution is -0.118. The van der Waals surface area contributed by atoms with Crippen molar-refractivity contribution in [2.75, 3.05) is 0 Å². The summed E-state index contributed by atoms with van der Waals surface area (Å²) >= 11 is 0. The van der Waals surface area contributed by atoms with E-state index in [1.54, 1.807) is 6.08 Å². The Bertz CT molecular complexity index is 351. The van der Waals surface area contributed by atoms with Crippen LogP contribution in [0.15, 0.2) is 42.5 Å². The van der Waals surface area contributed by atoms with Gasteiger partial charge in [-0.2, -0.15) is 0 Å². The van der Waals surface area contributed by atoms with Crippen molar-refractivity contribution in [2.24, 2.45) is 5.92 Å². The minimum atomic E-state index is 0.127. The van der Waals surface area contributed by atoms with E-state index in [0.29, 0.717) is 5.92 Å². The molecule has 1 aliphatic carbocycles. The summed E-state index contributed by atoms with van der Waals surface area (Å²) in [6, 6.07) is 10.3. The second kappa shape index (κ2) is 3.79. The molecule has 0 bridgehead atoms. The first-order chi connectivity index (χ1) is 6.79. The molecule has 2 atom stereocenters. The van der Waals surface area contributed by atoms with Crippen LogP contribution < -0.4 is 0 Å². The summed E-state index contributed by atoms with van der Waals surface area (Å²) in [6.45, 7) is 2.02. The molecule has 1 heteroatoms. The molecule has 0 aliphatic heterocycles. The van der Waals surface area contributed by atoms with Crippen molar-refractivity contribution in [2.45, 2.75) is 19.3 Å². The first kappa shape index (κ1) is 9.20. The van der Waals surface area contributed by atoms with E-state index in [1.165, 1.54) is 5.56 Å². The van der Waals surface area contributed by atoms with Crippen molar-refractivity contribution in [3.63, 3.8) is 0 Å². The van der Waals surface area contributed by atoms with Gasteiger partial charge in [0.05, 0.1) is 0 Å². The molecule has 0 aromatic heterocycles. The van der Waals surface area contributed by atoms with E-state index in [1.807, 2.05) is 31.2 Å². The Labute approximate surface area is 84.5 Å². The molecular formula is C13H14O.